The molecule has 0 saturated carbocycles. The van der Waals surface area contributed by atoms with E-state index in [4.69, 9.17) is 18.9 Å². The fourth-order valence-corrected chi connectivity index (χ4v) is 3.91. The standard InChI is InChI=1S/C28H49NO5/c1-6-9-11-12-13-16-25(5)32-22-27(21-31-24(4)15-10-7-2)23-34-28(30)33-20-26-17-14-18-29(8-3)19-26/h6,26-27H,1,4-5,7-23H2,2-3H3. The first-order chi connectivity index (χ1) is 16.5. The van der Waals surface area contributed by atoms with Crippen LogP contribution in [0, 0.1) is 11.8 Å². The molecule has 2 unspecified atom stereocenters. The van der Waals surface area contributed by atoms with Crippen LogP contribution < -0.4 is 0 Å². The molecule has 196 valence electrons. The zero-order valence-corrected chi connectivity index (χ0v) is 21.9. The van der Waals surface area contributed by atoms with Gasteiger partial charge in [-0.25, -0.2) is 4.79 Å². The minimum atomic E-state index is -0.621. The van der Waals surface area contributed by atoms with Crippen LogP contribution in [0.4, 0.5) is 4.79 Å². The molecule has 0 aromatic heterocycles. The summed E-state index contributed by atoms with van der Waals surface area (Å²) < 4.78 is 22.5. The lowest BCUT2D eigenvalue weighted by molar-refractivity contribution is 0.00328. The van der Waals surface area contributed by atoms with Crippen LogP contribution in [0.5, 0.6) is 0 Å². The van der Waals surface area contributed by atoms with Crippen molar-refractivity contribution in [2.45, 2.75) is 78.1 Å². The number of unbranched alkanes of at least 4 members (excludes halogenated alkanes) is 4. The highest BCUT2D eigenvalue weighted by molar-refractivity contribution is 5.59. The maximum Gasteiger partial charge on any atom is 0.508 e. The second-order valence-corrected chi connectivity index (χ2v) is 9.33. The average molecular weight is 480 g/mol. The van der Waals surface area contributed by atoms with E-state index in [2.05, 4.69) is 38.5 Å². The zero-order chi connectivity index (χ0) is 25.0. The summed E-state index contributed by atoms with van der Waals surface area (Å²) in [5.41, 5.74) is 0. The van der Waals surface area contributed by atoms with Gasteiger partial charge in [-0.05, 0) is 51.6 Å². The Kier molecular flexibility index (Phi) is 17.1. The largest absolute Gasteiger partial charge is 0.508 e. The highest BCUT2D eigenvalue weighted by Gasteiger charge is 2.21. The van der Waals surface area contributed by atoms with Crippen LogP contribution in [0.15, 0.2) is 37.3 Å². The molecule has 0 amide bonds. The molecule has 1 aliphatic rings. The van der Waals surface area contributed by atoms with Crippen LogP contribution in [0.3, 0.4) is 0 Å². The SMILES string of the molecule is C=CCCCCCC(=C)OCC(COC(=C)CCCC)COC(=O)OCC1CCCN(CC)C1. The van der Waals surface area contributed by atoms with E-state index in [0.717, 1.165) is 95.4 Å². The van der Waals surface area contributed by atoms with Gasteiger partial charge in [0.05, 0.1) is 37.3 Å². The number of piperidine rings is 1. The number of hydrogen-bond acceptors (Lipinski definition) is 6. The molecule has 0 spiro atoms. The Morgan fingerprint density at radius 2 is 1.65 bits per heavy atom. The first kappa shape index (κ1) is 30.1. The monoisotopic (exact) mass is 479 g/mol. The van der Waals surface area contributed by atoms with Crippen LogP contribution >= 0.6 is 0 Å². The van der Waals surface area contributed by atoms with E-state index in [-0.39, 0.29) is 12.5 Å². The Hall–Kier alpha value is -1.95. The maximum absolute atomic E-state index is 12.2. The average Bonchev–Trinajstić information content (AvgIpc) is 2.85. The molecular formula is C28H49NO5. The summed E-state index contributed by atoms with van der Waals surface area (Å²) in [6, 6.07) is 0. The number of carbonyl (C=O) groups is 1. The van der Waals surface area contributed by atoms with Crippen molar-refractivity contribution in [2.24, 2.45) is 11.8 Å². The van der Waals surface area contributed by atoms with Gasteiger partial charge in [-0.2, -0.15) is 0 Å². The van der Waals surface area contributed by atoms with E-state index in [1.165, 1.54) is 0 Å². The summed E-state index contributed by atoms with van der Waals surface area (Å²) in [7, 11) is 0. The van der Waals surface area contributed by atoms with Crippen molar-refractivity contribution >= 4 is 6.16 Å². The van der Waals surface area contributed by atoms with Gasteiger partial charge >= 0.3 is 6.16 Å². The van der Waals surface area contributed by atoms with Gasteiger partial charge in [0.1, 0.15) is 6.61 Å². The molecule has 2 atom stereocenters. The minimum Gasteiger partial charge on any atom is -0.498 e. The van der Waals surface area contributed by atoms with E-state index in [1.807, 2.05) is 6.08 Å². The minimum absolute atomic E-state index is 0.117. The zero-order valence-electron chi connectivity index (χ0n) is 21.9. The molecule has 0 aromatic rings. The van der Waals surface area contributed by atoms with Gasteiger partial charge in [0.15, 0.2) is 0 Å². The van der Waals surface area contributed by atoms with Gasteiger partial charge in [-0.15, -0.1) is 6.58 Å². The van der Waals surface area contributed by atoms with Gasteiger partial charge in [0, 0.05) is 25.3 Å². The maximum atomic E-state index is 12.2. The van der Waals surface area contributed by atoms with Gasteiger partial charge in [0.25, 0.3) is 0 Å². The van der Waals surface area contributed by atoms with Crippen LogP contribution in [-0.2, 0) is 18.9 Å². The van der Waals surface area contributed by atoms with Gasteiger partial charge in [0.2, 0.25) is 0 Å². The van der Waals surface area contributed by atoms with E-state index < -0.39 is 6.16 Å². The Bertz CT molecular complexity index is 591. The number of ether oxygens (including phenoxy) is 4. The third-order valence-corrected chi connectivity index (χ3v) is 6.14. The molecule has 34 heavy (non-hydrogen) atoms. The molecule has 1 rings (SSSR count). The predicted octanol–water partition coefficient (Wildman–Crippen LogP) is 6.88. The first-order valence-electron chi connectivity index (χ1n) is 13.2. The molecule has 6 nitrogen and oxygen atoms in total. The third-order valence-electron chi connectivity index (χ3n) is 6.14. The van der Waals surface area contributed by atoms with Gasteiger partial charge in [-0.1, -0.05) is 45.9 Å². The van der Waals surface area contributed by atoms with Crippen molar-refractivity contribution in [1.29, 1.82) is 0 Å². The molecule has 0 bridgehead atoms. The van der Waals surface area contributed by atoms with E-state index in [0.29, 0.717) is 25.7 Å². The summed E-state index contributed by atoms with van der Waals surface area (Å²) in [4.78, 5) is 14.6. The first-order valence-corrected chi connectivity index (χ1v) is 13.2. The lowest BCUT2D eigenvalue weighted by atomic mass is 9.99. The van der Waals surface area contributed by atoms with Gasteiger partial charge in [-0.3, -0.25) is 0 Å². The van der Waals surface area contributed by atoms with E-state index in [1.54, 1.807) is 0 Å². The number of nitrogens with zero attached hydrogens (tertiary/aromatic N) is 1. The molecule has 6 heteroatoms. The fraction of sp³-hybridized carbons (Fsp3) is 0.750. The predicted molar refractivity (Wildman–Crippen MR) is 139 cm³/mol. The number of hydrogen-bond donors (Lipinski definition) is 0. The Morgan fingerprint density at radius 1 is 0.971 bits per heavy atom. The smallest absolute Gasteiger partial charge is 0.498 e. The number of carbonyl (C=O) groups excluding carboxylic acids is 1. The Balaban J connectivity index is 2.39. The summed E-state index contributed by atoms with van der Waals surface area (Å²) in [5.74, 6) is 1.77. The lowest BCUT2D eigenvalue weighted by Gasteiger charge is -2.31. The molecule has 0 radical (unpaired) electrons. The molecule has 1 saturated heterocycles. The molecule has 0 aliphatic carbocycles. The molecule has 1 fully saturated rings. The molecule has 0 N–H and O–H groups in total. The van der Waals surface area contributed by atoms with Gasteiger partial charge < -0.3 is 23.8 Å². The number of likely N-dealkylation sites (tertiary alicyclic amines) is 1. The van der Waals surface area contributed by atoms with Crippen molar-refractivity contribution in [3.05, 3.63) is 37.3 Å². The lowest BCUT2D eigenvalue weighted by Crippen LogP contribution is -2.37. The quantitative estimate of drug-likeness (QED) is 0.0821. The molecule has 1 heterocycles. The molecular weight excluding hydrogens is 430 g/mol. The van der Waals surface area contributed by atoms with E-state index >= 15 is 0 Å². The molecule has 0 aromatic carbocycles. The normalized spacial score (nSPS) is 16.9. The second-order valence-electron chi connectivity index (χ2n) is 9.33. The fourth-order valence-electron chi connectivity index (χ4n) is 3.91. The highest BCUT2D eigenvalue weighted by Crippen LogP contribution is 2.17. The van der Waals surface area contributed by atoms with Crippen molar-refractivity contribution < 1.29 is 23.7 Å². The number of rotatable bonds is 20. The van der Waals surface area contributed by atoms with Crippen molar-refractivity contribution in [3.8, 4) is 0 Å². The summed E-state index contributed by atoms with van der Waals surface area (Å²) in [6.45, 7) is 20.6. The van der Waals surface area contributed by atoms with Crippen molar-refractivity contribution in [3.63, 3.8) is 0 Å². The Labute approximate surface area is 208 Å². The van der Waals surface area contributed by atoms with Crippen molar-refractivity contribution in [1.82, 2.24) is 4.90 Å². The van der Waals surface area contributed by atoms with Crippen LogP contribution in [-0.4, -0.2) is 57.1 Å². The third kappa shape index (κ3) is 15.0. The highest BCUT2D eigenvalue weighted by atomic mass is 16.7. The second kappa shape index (κ2) is 19.4. The Morgan fingerprint density at radius 3 is 2.29 bits per heavy atom. The van der Waals surface area contributed by atoms with Crippen molar-refractivity contribution in [2.75, 3.05) is 46.1 Å². The van der Waals surface area contributed by atoms with Crippen LogP contribution in [0.25, 0.3) is 0 Å². The summed E-state index contributed by atoms with van der Waals surface area (Å²) in [5, 5.41) is 0. The van der Waals surface area contributed by atoms with E-state index in [9.17, 15) is 4.79 Å². The summed E-state index contributed by atoms with van der Waals surface area (Å²) >= 11 is 0. The van der Waals surface area contributed by atoms with Crippen LogP contribution in [0.1, 0.15) is 78.1 Å². The molecule has 1 aliphatic heterocycles. The van der Waals surface area contributed by atoms with Crippen LogP contribution in [0.2, 0.25) is 0 Å². The topological polar surface area (TPSA) is 57.2 Å². The number of allylic oxidation sites excluding steroid dienone is 3. The summed E-state index contributed by atoms with van der Waals surface area (Å²) in [6.07, 6.45) is 11.7.